The van der Waals surface area contributed by atoms with E-state index in [0.717, 1.165) is 31.9 Å². The van der Waals surface area contributed by atoms with Gasteiger partial charge in [-0.1, -0.05) is 6.58 Å². The summed E-state index contributed by atoms with van der Waals surface area (Å²) in [6.45, 7) is 7.51. The molecule has 8 nitrogen and oxygen atoms in total. The highest BCUT2D eigenvalue weighted by atomic mass is 16.2. The highest BCUT2D eigenvalue weighted by molar-refractivity contribution is 6.12. The number of carbonyl (C=O) groups excluding carboxylic acids is 2. The van der Waals surface area contributed by atoms with Crippen molar-refractivity contribution in [1.29, 1.82) is 0 Å². The molecule has 2 heterocycles. The quantitative estimate of drug-likeness (QED) is 0.569. The van der Waals surface area contributed by atoms with E-state index in [1.165, 1.54) is 6.08 Å². The third-order valence-electron chi connectivity index (χ3n) is 5.22. The Labute approximate surface area is 174 Å². The summed E-state index contributed by atoms with van der Waals surface area (Å²) in [6.07, 6.45) is 1.19. The van der Waals surface area contributed by atoms with Gasteiger partial charge in [0.1, 0.15) is 0 Å². The van der Waals surface area contributed by atoms with Gasteiger partial charge < -0.3 is 20.4 Å². The van der Waals surface area contributed by atoms with E-state index in [9.17, 15) is 9.59 Å². The van der Waals surface area contributed by atoms with Crippen LogP contribution in [0.4, 0.5) is 17.1 Å². The van der Waals surface area contributed by atoms with Gasteiger partial charge in [0.15, 0.2) is 5.69 Å². The highest BCUT2D eigenvalue weighted by Gasteiger charge is 2.17. The number of rotatable bonds is 5. The number of piperazine rings is 1. The van der Waals surface area contributed by atoms with Crippen molar-refractivity contribution in [3.63, 3.8) is 0 Å². The minimum absolute atomic E-state index is 0.267. The molecule has 2 amide bonds. The van der Waals surface area contributed by atoms with Gasteiger partial charge in [-0.25, -0.2) is 0 Å². The summed E-state index contributed by atoms with van der Waals surface area (Å²) in [5.74, 6) is -0.634. The van der Waals surface area contributed by atoms with Crippen LogP contribution in [0.2, 0.25) is 0 Å². The first kappa shape index (κ1) is 19.7. The Morgan fingerprint density at radius 1 is 1.03 bits per heavy atom. The maximum atomic E-state index is 12.8. The van der Waals surface area contributed by atoms with Crippen LogP contribution < -0.4 is 15.5 Å². The number of aromatic nitrogens is 2. The third-order valence-corrected chi connectivity index (χ3v) is 5.22. The minimum atomic E-state index is -0.319. The maximum Gasteiger partial charge on any atom is 0.276 e. The van der Waals surface area contributed by atoms with Gasteiger partial charge in [-0.3, -0.25) is 14.7 Å². The molecular weight excluding hydrogens is 380 g/mol. The number of anilines is 3. The van der Waals surface area contributed by atoms with E-state index in [1.54, 1.807) is 18.2 Å². The second-order valence-corrected chi connectivity index (χ2v) is 7.32. The molecule has 1 aliphatic rings. The van der Waals surface area contributed by atoms with Gasteiger partial charge in [0.25, 0.3) is 5.91 Å². The summed E-state index contributed by atoms with van der Waals surface area (Å²) in [7, 11) is 2.13. The lowest BCUT2D eigenvalue weighted by atomic mass is 10.1. The number of aromatic amines is 1. The molecule has 0 bridgehead atoms. The van der Waals surface area contributed by atoms with Crippen molar-refractivity contribution in [3.8, 4) is 0 Å². The summed E-state index contributed by atoms with van der Waals surface area (Å²) in [6, 6.07) is 13.1. The van der Waals surface area contributed by atoms with Crippen molar-refractivity contribution >= 4 is 39.8 Å². The Hall–Kier alpha value is -3.65. The van der Waals surface area contributed by atoms with E-state index in [2.05, 4.69) is 44.3 Å². The first-order chi connectivity index (χ1) is 14.5. The average molecular weight is 404 g/mol. The second kappa shape index (κ2) is 8.38. The normalized spacial score (nSPS) is 14.5. The number of carbonyl (C=O) groups is 2. The van der Waals surface area contributed by atoms with E-state index in [1.807, 2.05) is 24.3 Å². The topological polar surface area (TPSA) is 93.4 Å². The third kappa shape index (κ3) is 4.18. The fourth-order valence-corrected chi connectivity index (χ4v) is 3.47. The summed E-state index contributed by atoms with van der Waals surface area (Å²) in [5, 5.41) is 13.2. The first-order valence-corrected chi connectivity index (χ1v) is 9.80. The van der Waals surface area contributed by atoms with Crippen molar-refractivity contribution in [2.45, 2.75) is 0 Å². The average Bonchev–Trinajstić information content (AvgIpc) is 3.18. The minimum Gasteiger partial charge on any atom is -0.369 e. The fourth-order valence-electron chi connectivity index (χ4n) is 3.47. The maximum absolute atomic E-state index is 12.8. The number of H-pyrrole nitrogens is 1. The number of likely N-dealkylation sites (N-methyl/N-ethyl adjacent to an activating group) is 1. The predicted molar refractivity (Wildman–Crippen MR) is 119 cm³/mol. The Balaban J connectivity index is 1.48. The summed E-state index contributed by atoms with van der Waals surface area (Å²) in [4.78, 5) is 29.0. The lowest BCUT2D eigenvalue weighted by molar-refractivity contribution is -0.111. The Morgan fingerprint density at radius 3 is 2.43 bits per heavy atom. The largest absolute Gasteiger partial charge is 0.369 e. The zero-order valence-electron chi connectivity index (χ0n) is 16.8. The molecule has 1 saturated heterocycles. The van der Waals surface area contributed by atoms with Crippen molar-refractivity contribution in [3.05, 3.63) is 60.8 Å². The Morgan fingerprint density at radius 2 is 1.73 bits per heavy atom. The zero-order chi connectivity index (χ0) is 21.1. The lowest BCUT2D eigenvalue weighted by Gasteiger charge is -2.34. The van der Waals surface area contributed by atoms with Crippen molar-refractivity contribution in [1.82, 2.24) is 15.1 Å². The second-order valence-electron chi connectivity index (χ2n) is 7.32. The van der Waals surface area contributed by atoms with Crippen molar-refractivity contribution in [2.24, 2.45) is 0 Å². The SMILES string of the molecule is C=CC(=O)Nc1ccc2[nH]nc(C(=O)Nc3ccc(N4CCN(C)CC4)cc3)c2c1. The standard InChI is InChI=1S/C22H24N6O2/c1-3-20(29)23-16-6-9-19-18(14-16)21(26-25-19)22(30)24-15-4-7-17(8-5-15)28-12-10-27(2)11-13-28/h3-9,14H,1,10-13H2,2H3,(H,23,29)(H,24,30)(H,25,26). The molecule has 0 radical (unpaired) electrons. The predicted octanol–water partition coefficient (Wildman–Crippen LogP) is 2.69. The van der Waals surface area contributed by atoms with Gasteiger partial charge >= 0.3 is 0 Å². The molecule has 1 aliphatic heterocycles. The molecule has 30 heavy (non-hydrogen) atoms. The van der Waals surface area contributed by atoms with Gasteiger partial charge in [-0.2, -0.15) is 5.10 Å². The molecule has 0 saturated carbocycles. The number of hydrogen-bond acceptors (Lipinski definition) is 5. The van der Waals surface area contributed by atoms with E-state index in [0.29, 0.717) is 22.3 Å². The van der Waals surface area contributed by atoms with Gasteiger partial charge in [-0.15, -0.1) is 0 Å². The number of benzene rings is 2. The molecule has 3 aromatic rings. The van der Waals surface area contributed by atoms with Gasteiger partial charge in [0.2, 0.25) is 5.91 Å². The number of hydrogen-bond donors (Lipinski definition) is 3. The van der Waals surface area contributed by atoms with Crippen LogP contribution in [0.1, 0.15) is 10.5 Å². The molecule has 0 unspecified atom stereocenters. The number of fused-ring (bicyclic) bond motifs is 1. The van der Waals surface area contributed by atoms with Crippen molar-refractivity contribution in [2.75, 3.05) is 48.8 Å². The number of nitrogens with zero attached hydrogens (tertiary/aromatic N) is 3. The summed E-state index contributed by atoms with van der Waals surface area (Å²) in [5.41, 5.74) is 3.39. The smallest absolute Gasteiger partial charge is 0.276 e. The number of amides is 2. The van der Waals surface area contributed by atoms with E-state index < -0.39 is 0 Å². The molecular formula is C22H24N6O2. The monoisotopic (exact) mass is 404 g/mol. The zero-order valence-corrected chi connectivity index (χ0v) is 16.8. The molecule has 1 fully saturated rings. The van der Waals surface area contributed by atoms with E-state index >= 15 is 0 Å². The molecule has 1 aromatic heterocycles. The van der Waals surface area contributed by atoms with Crippen LogP contribution >= 0.6 is 0 Å². The van der Waals surface area contributed by atoms with Crippen LogP contribution in [0, 0.1) is 0 Å². The van der Waals surface area contributed by atoms with Gasteiger partial charge in [0, 0.05) is 48.6 Å². The van der Waals surface area contributed by atoms with Crippen LogP contribution in [-0.4, -0.2) is 60.1 Å². The van der Waals surface area contributed by atoms with Crippen LogP contribution in [0.3, 0.4) is 0 Å². The van der Waals surface area contributed by atoms with Crippen LogP contribution in [0.15, 0.2) is 55.1 Å². The summed E-state index contributed by atoms with van der Waals surface area (Å²) >= 11 is 0. The fraction of sp³-hybridized carbons (Fsp3) is 0.227. The Bertz CT molecular complexity index is 1080. The molecule has 0 aliphatic carbocycles. The highest BCUT2D eigenvalue weighted by Crippen LogP contribution is 2.23. The Kier molecular flexibility index (Phi) is 5.49. The van der Waals surface area contributed by atoms with Crippen LogP contribution in [0.25, 0.3) is 10.9 Å². The molecule has 0 spiro atoms. The molecule has 4 rings (SSSR count). The molecule has 154 valence electrons. The van der Waals surface area contributed by atoms with E-state index in [4.69, 9.17) is 0 Å². The number of nitrogens with one attached hydrogen (secondary N) is 3. The van der Waals surface area contributed by atoms with Crippen molar-refractivity contribution < 1.29 is 9.59 Å². The first-order valence-electron chi connectivity index (χ1n) is 9.80. The van der Waals surface area contributed by atoms with Gasteiger partial charge in [-0.05, 0) is 55.6 Å². The van der Waals surface area contributed by atoms with Gasteiger partial charge in [0.05, 0.1) is 5.52 Å². The molecule has 8 heteroatoms. The van der Waals surface area contributed by atoms with Crippen LogP contribution in [0.5, 0.6) is 0 Å². The molecule has 3 N–H and O–H groups in total. The van der Waals surface area contributed by atoms with Crippen LogP contribution in [-0.2, 0) is 4.79 Å². The lowest BCUT2D eigenvalue weighted by Crippen LogP contribution is -2.44. The molecule has 2 aromatic carbocycles. The van der Waals surface area contributed by atoms with E-state index in [-0.39, 0.29) is 17.5 Å². The summed E-state index contributed by atoms with van der Waals surface area (Å²) < 4.78 is 0. The molecule has 0 atom stereocenters.